The first-order valence-corrected chi connectivity index (χ1v) is 10.5. The minimum Gasteiger partial charge on any atom is -0.360 e. The number of piperazine rings is 1. The van der Waals surface area contributed by atoms with Crippen LogP contribution >= 0.6 is 11.8 Å². The molecule has 8 heteroatoms. The molecule has 3 rings (SSSR count). The number of benzene rings is 1. The molecule has 7 nitrogen and oxygen atoms in total. The van der Waals surface area contributed by atoms with Crippen LogP contribution in [0.15, 0.2) is 34.9 Å². The summed E-state index contributed by atoms with van der Waals surface area (Å²) in [5, 5.41) is 6.37. The van der Waals surface area contributed by atoms with Crippen LogP contribution in [-0.4, -0.2) is 64.5 Å². The number of nitrogens with one attached hydrogen (secondary N) is 1. The molecule has 1 aliphatic heterocycles. The first-order valence-electron chi connectivity index (χ1n) is 9.36. The lowest BCUT2D eigenvalue weighted by atomic mass is 10.1. The number of thioether (sulfide) groups is 1. The van der Waals surface area contributed by atoms with Gasteiger partial charge in [0.25, 0.3) is 0 Å². The molecule has 28 heavy (non-hydrogen) atoms. The molecule has 0 bridgehead atoms. The van der Waals surface area contributed by atoms with Crippen molar-refractivity contribution in [1.29, 1.82) is 0 Å². The Hall–Kier alpha value is -2.32. The van der Waals surface area contributed by atoms with Gasteiger partial charge in [0.05, 0.1) is 11.5 Å². The van der Waals surface area contributed by atoms with Gasteiger partial charge in [-0.3, -0.25) is 14.5 Å². The normalized spacial score (nSPS) is 14.9. The first-order chi connectivity index (χ1) is 13.5. The summed E-state index contributed by atoms with van der Waals surface area (Å²) < 4.78 is 4.90. The first kappa shape index (κ1) is 20.4. The van der Waals surface area contributed by atoms with Gasteiger partial charge in [0.2, 0.25) is 11.8 Å². The van der Waals surface area contributed by atoms with Crippen LogP contribution in [-0.2, 0) is 16.1 Å². The standard InChI is InChI=1S/C20H26N4O3S/c1-15-4-3-5-17(10-15)12-23-6-8-24(9-7-23)20(26)14-28-13-19(25)21-18-11-16(2)27-22-18/h3-5,10-11H,6-9,12-14H2,1-2H3,(H,21,22,25). The zero-order valence-electron chi connectivity index (χ0n) is 16.3. The molecule has 0 atom stereocenters. The molecule has 1 aliphatic rings. The highest BCUT2D eigenvalue weighted by Gasteiger charge is 2.21. The van der Waals surface area contributed by atoms with E-state index in [1.165, 1.54) is 22.9 Å². The number of anilines is 1. The predicted molar refractivity (Wildman–Crippen MR) is 110 cm³/mol. The highest BCUT2D eigenvalue weighted by Crippen LogP contribution is 2.12. The van der Waals surface area contributed by atoms with E-state index in [9.17, 15) is 9.59 Å². The van der Waals surface area contributed by atoms with Gasteiger partial charge in [-0.2, -0.15) is 0 Å². The van der Waals surface area contributed by atoms with Crippen LogP contribution in [0.4, 0.5) is 5.82 Å². The number of carbonyl (C=O) groups excluding carboxylic acids is 2. The van der Waals surface area contributed by atoms with E-state index < -0.39 is 0 Å². The van der Waals surface area contributed by atoms with E-state index in [2.05, 4.69) is 46.6 Å². The van der Waals surface area contributed by atoms with E-state index in [1.54, 1.807) is 13.0 Å². The molecule has 2 aromatic rings. The van der Waals surface area contributed by atoms with Crippen LogP contribution in [0.3, 0.4) is 0 Å². The lowest BCUT2D eigenvalue weighted by Gasteiger charge is -2.34. The topological polar surface area (TPSA) is 78.7 Å². The van der Waals surface area contributed by atoms with E-state index in [0.717, 1.165) is 32.7 Å². The molecule has 1 saturated heterocycles. The van der Waals surface area contributed by atoms with Gasteiger partial charge in [-0.05, 0) is 19.4 Å². The third-order valence-corrected chi connectivity index (χ3v) is 5.49. The van der Waals surface area contributed by atoms with Crippen LogP contribution in [0, 0.1) is 13.8 Å². The van der Waals surface area contributed by atoms with Crippen molar-refractivity contribution in [2.45, 2.75) is 20.4 Å². The highest BCUT2D eigenvalue weighted by atomic mass is 32.2. The smallest absolute Gasteiger partial charge is 0.235 e. The summed E-state index contributed by atoms with van der Waals surface area (Å²) in [5.41, 5.74) is 2.58. The van der Waals surface area contributed by atoms with Crippen molar-refractivity contribution in [2.75, 3.05) is 43.0 Å². The minimum atomic E-state index is -0.186. The molecule has 0 saturated carbocycles. The number of rotatable bonds is 7. The van der Waals surface area contributed by atoms with Crippen LogP contribution < -0.4 is 5.32 Å². The van der Waals surface area contributed by atoms with Gasteiger partial charge in [-0.25, -0.2) is 0 Å². The highest BCUT2D eigenvalue weighted by molar-refractivity contribution is 8.00. The Morgan fingerprint density at radius 2 is 1.93 bits per heavy atom. The van der Waals surface area contributed by atoms with Crippen molar-refractivity contribution in [3.8, 4) is 0 Å². The summed E-state index contributed by atoms with van der Waals surface area (Å²) in [4.78, 5) is 28.5. The molecular formula is C20H26N4O3S. The number of carbonyl (C=O) groups is 2. The summed E-state index contributed by atoms with van der Waals surface area (Å²) in [6, 6.07) is 10.2. The monoisotopic (exact) mass is 402 g/mol. The molecule has 0 radical (unpaired) electrons. The van der Waals surface area contributed by atoms with Gasteiger partial charge in [0, 0.05) is 38.8 Å². The number of aromatic nitrogens is 1. The number of hydrogen-bond donors (Lipinski definition) is 1. The summed E-state index contributed by atoms with van der Waals surface area (Å²) >= 11 is 1.32. The van der Waals surface area contributed by atoms with Crippen LogP contribution in [0.5, 0.6) is 0 Å². The lowest BCUT2D eigenvalue weighted by molar-refractivity contribution is -0.130. The maximum atomic E-state index is 12.4. The number of amides is 2. The van der Waals surface area contributed by atoms with Gasteiger partial charge in [-0.1, -0.05) is 35.0 Å². The fourth-order valence-corrected chi connectivity index (χ4v) is 3.87. The van der Waals surface area contributed by atoms with Crippen molar-refractivity contribution < 1.29 is 14.1 Å². The Labute approximate surface area is 169 Å². The Morgan fingerprint density at radius 1 is 1.14 bits per heavy atom. The molecule has 1 aromatic carbocycles. The van der Waals surface area contributed by atoms with Crippen molar-refractivity contribution in [3.05, 3.63) is 47.2 Å². The van der Waals surface area contributed by atoms with Gasteiger partial charge in [-0.15, -0.1) is 11.8 Å². The Kier molecular flexibility index (Phi) is 7.11. The van der Waals surface area contributed by atoms with Gasteiger partial charge < -0.3 is 14.7 Å². The summed E-state index contributed by atoms with van der Waals surface area (Å²) in [7, 11) is 0. The van der Waals surface area contributed by atoms with E-state index in [1.807, 2.05) is 4.90 Å². The Bertz CT molecular complexity index is 815. The maximum Gasteiger partial charge on any atom is 0.235 e. The van der Waals surface area contributed by atoms with E-state index in [-0.39, 0.29) is 17.6 Å². The Balaban J connectivity index is 1.34. The zero-order valence-corrected chi connectivity index (χ0v) is 17.1. The largest absolute Gasteiger partial charge is 0.360 e. The molecule has 0 spiro atoms. The molecule has 1 aromatic heterocycles. The number of nitrogens with zero attached hydrogens (tertiary/aromatic N) is 3. The quantitative estimate of drug-likeness (QED) is 0.766. The lowest BCUT2D eigenvalue weighted by Crippen LogP contribution is -2.48. The molecule has 0 aliphatic carbocycles. The van der Waals surface area contributed by atoms with Gasteiger partial charge >= 0.3 is 0 Å². The van der Waals surface area contributed by atoms with Crippen LogP contribution in [0.1, 0.15) is 16.9 Å². The molecule has 1 fully saturated rings. The SMILES string of the molecule is Cc1cccc(CN2CCN(C(=O)CSCC(=O)Nc3cc(C)on3)CC2)c1. The van der Waals surface area contributed by atoms with Crippen LogP contribution in [0.2, 0.25) is 0 Å². The zero-order chi connectivity index (χ0) is 19.9. The van der Waals surface area contributed by atoms with Crippen LogP contribution in [0.25, 0.3) is 0 Å². The van der Waals surface area contributed by atoms with Crippen molar-refractivity contribution in [3.63, 3.8) is 0 Å². The average molecular weight is 403 g/mol. The predicted octanol–water partition coefficient (Wildman–Crippen LogP) is 2.31. The van der Waals surface area contributed by atoms with Crippen molar-refractivity contribution in [2.24, 2.45) is 0 Å². The molecule has 2 amide bonds. The summed E-state index contributed by atoms with van der Waals surface area (Å²) in [6.07, 6.45) is 0. The van der Waals surface area contributed by atoms with Crippen molar-refractivity contribution in [1.82, 2.24) is 15.0 Å². The minimum absolute atomic E-state index is 0.0882. The molecule has 1 N–H and O–H groups in total. The number of hydrogen-bond acceptors (Lipinski definition) is 6. The maximum absolute atomic E-state index is 12.4. The number of aryl methyl sites for hydroxylation is 2. The van der Waals surface area contributed by atoms with E-state index >= 15 is 0 Å². The van der Waals surface area contributed by atoms with E-state index in [0.29, 0.717) is 17.3 Å². The third kappa shape index (κ3) is 6.10. The average Bonchev–Trinajstić information content (AvgIpc) is 3.07. The van der Waals surface area contributed by atoms with Crippen molar-refractivity contribution >= 4 is 29.4 Å². The second-order valence-corrected chi connectivity index (χ2v) is 8.00. The van der Waals surface area contributed by atoms with Gasteiger partial charge in [0.1, 0.15) is 5.76 Å². The van der Waals surface area contributed by atoms with Gasteiger partial charge in [0.15, 0.2) is 5.82 Å². The summed E-state index contributed by atoms with van der Waals surface area (Å²) in [6.45, 7) is 7.99. The molecule has 0 unspecified atom stereocenters. The molecule has 150 valence electrons. The second kappa shape index (κ2) is 9.75. The fraction of sp³-hybridized carbons (Fsp3) is 0.450. The Morgan fingerprint density at radius 3 is 2.61 bits per heavy atom. The molecule has 2 heterocycles. The third-order valence-electron chi connectivity index (χ3n) is 4.57. The summed E-state index contributed by atoms with van der Waals surface area (Å²) in [5.74, 6) is 1.46. The second-order valence-electron chi connectivity index (χ2n) is 7.01. The van der Waals surface area contributed by atoms with E-state index in [4.69, 9.17) is 4.52 Å². The molecular weight excluding hydrogens is 376 g/mol. The fourth-order valence-electron chi connectivity index (χ4n) is 3.15.